The van der Waals surface area contributed by atoms with Crippen LogP contribution in [0.4, 0.5) is 0 Å². The molecule has 0 aliphatic rings. The van der Waals surface area contributed by atoms with Gasteiger partial charge in [-0.2, -0.15) is 0 Å². The van der Waals surface area contributed by atoms with E-state index in [4.69, 9.17) is 9.97 Å². The highest BCUT2D eigenvalue weighted by Gasteiger charge is 2.16. The number of rotatable bonds is 2. The number of nitrogens with zero attached hydrogens (tertiary/aromatic N) is 2. The second-order valence-corrected chi connectivity index (χ2v) is 8.31. The Kier molecular flexibility index (Phi) is 4.26. The van der Waals surface area contributed by atoms with Gasteiger partial charge in [-0.25, -0.2) is 9.97 Å². The molecule has 0 saturated heterocycles. The maximum Gasteiger partial charge on any atom is 0.0975 e. The van der Waals surface area contributed by atoms with Crippen LogP contribution in [-0.2, 0) is 0 Å². The van der Waals surface area contributed by atoms with Crippen molar-refractivity contribution in [3.8, 4) is 22.3 Å². The molecule has 0 aliphatic carbocycles. The van der Waals surface area contributed by atoms with Gasteiger partial charge in [-0.1, -0.05) is 97.1 Å². The Morgan fingerprint density at radius 1 is 0.406 bits per heavy atom. The highest BCUT2D eigenvalue weighted by molar-refractivity contribution is 6.09. The predicted octanol–water partition coefficient (Wildman–Crippen LogP) is 7.89. The van der Waals surface area contributed by atoms with E-state index in [9.17, 15) is 0 Å². The molecule has 6 rings (SSSR count). The summed E-state index contributed by atoms with van der Waals surface area (Å²) in [6.45, 7) is 4.08. The number of aromatic nitrogens is 2. The van der Waals surface area contributed by atoms with Crippen LogP contribution in [0.25, 0.3) is 54.8 Å². The molecule has 5 aromatic carbocycles. The molecule has 0 unspecified atom stereocenters. The fourth-order valence-electron chi connectivity index (χ4n) is 4.66. The van der Waals surface area contributed by atoms with Crippen molar-refractivity contribution in [2.24, 2.45) is 0 Å². The Hall–Kier alpha value is -4.04. The van der Waals surface area contributed by atoms with Gasteiger partial charge in [0.15, 0.2) is 0 Å². The van der Waals surface area contributed by atoms with Crippen LogP contribution in [0, 0.1) is 13.8 Å². The van der Waals surface area contributed by atoms with Gasteiger partial charge < -0.3 is 0 Å². The third-order valence-corrected chi connectivity index (χ3v) is 6.39. The molecule has 1 heterocycles. The van der Waals surface area contributed by atoms with E-state index in [1.54, 1.807) is 0 Å². The maximum absolute atomic E-state index is 5.06. The van der Waals surface area contributed by atoms with Crippen molar-refractivity contribution in [3.05, 3.63) is 108 Å². The quantitative estimate of drug-likeness (QED) is 0.290. The summed E-state index contributed by atoms with van der Waals surface area (Å²) in [5.74, 6) is 0. The molecule has 0 bridgehead atoms. The van der Waals surface area contributed by atoms with Crippen molar-refractivity contribution in [1.82, 2.24) is 9.97 Å². The first-order valence-electron chi connectivity index (χ1n) is 10.9. The zero-order valence-electron chi connectivity index (χ0n) is 18.1. The van der Waals surface area contributed by atoms with Crippen LogP contribution in [0.5, 0.6) is 0 Å². The average Bonchev–Trinajstić information content (AvgIpc) is 2.84. The minimum absolute atomic E-state index is 0.954. The summed E-state index contributed by atoms with van der Waals surface area (Å²) in [6.07, 6.45) is 0. The normalized spacial score (nSPS) is 11.4. The van der Waals surface area contributed by atoms with Crippen LogP contribution in [0.2, 0.25) is 0 Å². The van der Waals surface area contributed by atoms with Gasteiger partial charge in [0.2, 0.25) is 0 Å². The van der Waals surface area contributed by atoms with Crippen molar-refractivity contribution in [2.45, 2.75) is 13.8 Å². The fraction of sp³-hybridized carbons (Fsp3) is 0.0667. The molecule has 0 fully saturated rings. The molecule has 1 aromatic heterocycles. The number of hydrogen-bond acceptors (Lipinski definition) is 2. The molecule has 0 atom stereocenters. The predicted molar refractivity (Wildman–Crippen MR) is 135 cm³/mol. The highest BCUT2D eigenvalue weighted by atomic mass is 14.8. The minimum atomic E-state index is 0.954. The molecule has 0 radical (unpaired) electrons. The lowest BCUT2D eigenvalue weighted by atomic mass is 9.92. The standard InChI is InChI=1S/C30H22N2/c1-19-20(2)32-30-28(26-16-8-12-22-10-4-6-14-24(22)26)18-17-27(29(30)31-19)25-15-7-11-21-9-3-5-13-23(21)25/h3-18H,1-2H3. The first kappa shape index (κ1) is 18.7. The van der Waals surface area contributed by atoms with Gasteiger partial charge in [0.1, 0.15) is 0 Å². The molecular formula is C30H22N2. The van der Waals surface area contributed by atoms with Gasteiger partial charge in [-0.3, -0.25) is 0 Å². The van der Waals surface area contributed by atoms with Crippen molar-refractivity contribution >= 4 is 32.6 Å². The van der Waals surface area contributed by atoms with Crippen LogP contribution in [-0.4, -0.2) is 9.97 Å². The van der Waals surface area contributed by atoms with E-state index >= 15 is 0 Å². The monoisotopic (exact) mass is 410 g/mol. The third kappa shape index (κ3) is 2.88. The number of aryl methyl sites for hydroxylation is 2. The van der Waals surface area contributed by atoms with Gasteiger partial charge in [0.25, 0.3) is 0 Å². The van der Waals surface area contributed by atoms with E-state index in [1.165, 1.54) is 32.7 Å². The molecule has 2 nitrogen and oxygen atoms in total. The van der Waals surface area contributed by atoms with Crippen molar-refractivity contribution in [1.29, 1.82) is 0 Å². The van der Waals surface area contributed by atoms with Crippen LogP contribution in [0.15, 0.2) is 97.1 Å². The van der Waals surface area contributed by atoms with E-state index in [0.717, 1.165) is 33.5 Å². The summed E-state index contributed by atoms with van der Waals surface area (Å²) < 4.78 is 0. The van der Waals surface area contributed by atoms with Crippen LogP contribution in [0.1, 0.15) is 11.4 Å². The largest absolute Gasteiger partial charge is 0.249 e. The van der Waals surface area contributed by atoms with Gasteiger partial charge in [0, 0.05) is 11.1 Å². The fourth-order valence-corrected chi connectivity index (χ4v) is 4.66. The zero-order valence-corrected chi connectivity index (χ0v) is 18.1. The Bertz CT molecular complexity index is 1510. The molecule has 6 aromatic rings. The van der Waals surface area contributed by atoms with Gasteiger partial charge in [-0.05, 0) is 46.5 Å². The zero-order chi connectivity index (χ0) is 21.7. The summed E-state index contributed by atoms with van der Waals surface area (Å²) in [5.41, 5.74) is 8.46. The van der Waals surface area contributed by atoms with Crippen LogP contribution in [0.3, 0.4) is 0 Å². The van der Waals surface area contributed by atoms with Crippen molar-refractivity contribution in [3.63, 3.8) is 0 Å². The molecule has 0 N–H and O–H groups in total. The van der Waals surface area contributed by atoms with Crippen LogP contribution < -0.4 is 0 Å². The summed E-state index contributed by atoms with van der Waals surface area (Å²) in [4.78, 5) is 10.1. The van der Waals surface area contributed by atoms with E-state index < -0.39 is 0 Å². The smallest absolute Gasteiger partial charge is 0.0975 e. The SMILES string of the molecule is Cc1nc2c(-c3cccc4ccccc34)ccc(-c3cccc4ccccc34)c2nc1C. The van der Waals surface area contributed by atoms with Crippen LogP contribution >= 0.6 is 0 Å². The lowest BCUT2D eigenvalue weighted by Crippen LogP contribution is -1.98. The molecular weight excluding hydrogens is 388 g/mol. The van der Waals surface area contributed by atoms with Gasteiger partial charge in [-0.15, -0.1) is 0 Å². The third-order valence-electron chi connectivity index (χ3n) is 6.39. The van der Waals surface area contributed by atoms with Crippen molar-refractivity contribution in [2.75, 3.05) is 0 Å². The van der Waals surface area contributed by atoms with Crippen molar-refractivity contribution < 1.29 is 0 Å². The molecule has 0 aliphatic heterocycles. The van der Waals surface area contributed by atoms with E-state index in [1.807, 2.05) is 13.8 Å². The Balaban J connectivity index is 1.72. The Labute approximate surface area is 187 Å². The lowest BCUT2D eigenvalue weighted by molar-refractivity contribution is 1.10. The summed E-state index contributed by atoms with van der Waals surface area (Å²) in [6, 6.07) is 34.4. The second-order valence-electron chi connectivity index (χ2n) is 8.31. The number of benzene rings is 5. The maximum atomic E-state index is 5.06. The minimum Gasteiger partial charge on any atom is -0.249 e. The molecule has 0 spiro atoms. The van der Waals surface area contributed by atoms with E-state index in [0.29, 0.717) is 0 Å². The Morgan fingerprint density at radius 2 is 0.812 bits per heavy atom. The molecule has 0 saturated carbocycles. The second kappa shape index (κ2) is 7.28. The van der Waals surface area contributed by atoms with Gasteiger partial charge in [0.05, 0.1) is 22.4 Å². The lowest BCUT2D eigenvalue weighted by Gasteiger charge is -2.15. The average molecular weight is 411 g/mol. The van der Waals surface area contributed by atoms with E-state index in [-0.39, 0.29) is 0 Å². The molecule has 152 valence electrons. The molecule has 2 heteroatoms. The van der Waals surface area contributed by atoms with Gasteiger partial charge >= 0.3 is 0 Å². The Morgan fingerprint density at radius 3 is 1.28 bits per heavy atom. The summed E-state index contributed by atoms with van der Waals surface area (Å²) in [7, 11) is 0. The first-order chi connectivity index (χ1) is 15.7. The summed E-state index contributed by atoms with van der Waals surface area (Å²) >= 11 is 0. The van der Waals surface area contributed by atoms with E-state index in [2.05, 4.69) is 97.1 Å². The molecule has 0 amide bonds. The molecule has 32 heavy (non-hydrogen) atoms. The number of fused-ring (bicyclic) bond motifs is 3. The first-order valence-corrected chi connectivity index (χ1v) is 10.9. The topological polar surface area (TPSA) is 25.8 Å². The summed E-state index contributed by atoms with van der Waals surface area (Å²) in [5, 5.41) is 4.92. The number of hydrogen-bond donors (Lipinski definition) is 0. The highest BCUT2D eigenvalue weighted by Crippen LogP contribution is 2.39.